The summed E-state index contributed by atoms with van der Waals surface area (Å²) in [4.78, 5) is 0. The van der Waals surface area contributed by atoms with Gasteiger partial charge in [-0.1, -0.05) is 12.1 Å². The Labute approximate surface area is 86.2 Å². The monoisotopic (exact) mass is 241 g/mol. The van der Waals surface area contributed by atoms with Gasteiger partial charge in [-0.15, -0.1) is 0 Å². The number of rotatable bonds is 3. The second-order valence-electron chi connectivity index (χ2n) is 3.58. The first-order valence-electron chi connectivity index (χ1n) is 4.36. The molecule has 0 saturated heterocycles. The quantitative estimate of drug-likeness (QED) is 0.882. The second-order valence-corrected chi connectivity index (χ2v) is 4.44. The predicted molar refractivity (Wildman–Crippen MR) is 55.8 cm³/mol. The second kappa shape index (κ2) is 3.31. The fourth-order valence-electron chi connectivity index (χ4n) is 1.09. The van der Waals surface area contributed by atoms with E-state index in [0.29, 0.717) is 6.61 Å². The minimum absolute atomic E-state index is 0.0463. The van der Waals surface area contributed by atoms with E-state index in [4.69, 9.17) is 10.5 Å². The molecular formula is C10H12BrNO. The van der Waals surface area contributed by atoms with Gasteiger partial charge < -0.3 is 10.5 Å². The van der Waals surface area contributed by atoms with Crippen molar-refractivity contribution in [2.75, 3.05) is 6.61 Å². The number of benzene rings is 1. The highest BCUT2D eigenvalue weighted by Gasteiger charge is 2.39. The first-order valence-corrected chi connectivity index (χ1v) is 5.15. The summed E-state index contributed by atoms with van der Waals surface area (Å²) in [6.07, 6.45) is 2.16. The van der Waals surface area contributed by atoms with Crippen LogP contribution < -0.4 is 10.5 Å². The molecule has 1 aliphatic rings. The lowest BCUT2D eigenvalue weighted by Crippen LogP contribution is -2.29. The topological polar surface area (TPSA) is 35.2 Å². The molecule has 13 heavy (non-hydrogen) atoms. The van der Waals surface area contributed by atoms with Gasteiger partial charge in [-0.2, -0.15) is 0 Å². The lowest BCUT2D eigenvalue weighted by molar-refractivity contribution is 0.278. The molecule has 2 rings (SSSR count). The third-order valence-corrected chi connectivity index (χ3v) is 2.90. The van der Waals surface area contributed by atoms with Crippen LogP contribution in [0.15, 0.2) is 28.7 Å². The van der Waals surface area contributed by atoms with Crippen molar-refractivity contribution in [3.8, 4) is 5.75 Å². The van der Waals surface area contributed by atoms with Crippen LogP contribution in [0.25, 0.3) is 0 Å². The summed E-state index contributed by atoms with van der Waals surface area (Å²) < 4.78 is 6.58. The van der Waals surface area contributed by atoms with Crippen LogP contribution in [0, 0.1) is 0 Å². The van der Waals surface area contributed by atoms with Crippen LogP contribution >= 0.6 is 15.9 Å². The van der Waals surface area contributed by atoms with Gasteiger partial charge in [0.25, 0.3) is 0 Å². The van der Waals surface area contributed by atoms with Gasteiger partial charge in [0, 0.05) is 0 Å². The van der Waals surface area contributed by atoms with E-state index in [9.17, 15) is 0 Å². The van der Waals surface area contributed by atoms with Gasteiger partial charge in [0.1, 0.15) is 12.4 Å². The van der Waals surface area contributed by atoms with E-state index in [1.807, 2.05) is 24.3 Å². The van der Waals surface area contributed by atoms with Gasteiger partial charge in [-0.05, 0) is 40.9 Å². The Balaban J connectivity index is 1.97. The van der Waals surface area contributed by atoms with Crippen LogP contribution in [0.1, 0.15) is 12.8 Å². The minimum atomic E-state index is -0.0463. The summed E-state index contributed by atoms with van der Waals surface area (Å²) in [5.74, 6) is 0.874. The maximum absolute atomic E-state index is 5.90. The van der Waals surface area contributed by atoms with Crippen LogP contribution in [0.3, 0.4) is 0 Å². The molecule has 1 aromatic rings. The molecular weight excluding hydrogens is 230 g/mol. The van der Waals surface area contributed by atoms with Gasteiger partial charge in [0.05, 0.1) is 10.0 Å². The van der Waals surface area contributed by atoms with Crippen molar-refractivity contribution >= 4 is 15.9 Å². The van der Waals surface area contributed by atoms with E-state index in [1.54, 1.807) is 0 Å². The molecule has 0 unspecified atom stereocenters. The Morgan fingerprint density at radius 2 is 2.08 bits per heavy atom. The molecule has 1 aliphatic carbocycles. The largest absolute Gasteiger partial charge is 0.490 e. The highest BCUT2D eigenvalue weighted by Crippen LogP contribution is 2.33. The van der Waals surface area contributed by atoms with E-state index in [1.165, 1.54) is 0 Å². The first kappa shape index (κ1) is 9.03. The lowest BCUT2D eigenvalue weighted by Gasteiger charge is -2.11. The highest BCUT2D eigenvalue weighted by molar-refractivity contribution is 9.10. The maximum atomic E-state index is 5.90. The van der Waals surface area contributed by atoms with Crippen molar-refractivity contribution in [3.63, 3.8) is 0 Å². The fraction of sp³-hybridized carbons (Fsp3) is 0.400. The van der Waals surface area contributed by atoms with Crippen molar-refractivity contribution in [1.82, 2.24) is 0 Å². The van der Waals surface area contributed by atoms with Crippen LogP contribution in [0.5, 0.6) is 5.75 Å². The number of hydrogen-bond donors (Lipinski definition) is 1. The van der Waals surface area contributed by atoms with Gasteiger partial charge in [0.2, 0.25) is 0 Å². The third kappa shape index (κ3) is 2.23. The molecule has 1 fully saturated rings. The van der Waals surface area contributed by atoms with E-state index in [2.05, 4.69) is 15.9 Å². The van der Waals surface area contributed by atoms with E-state index < -0.39 is 0 Å². The molecule has 0 spiro atoms. The number of nitrogens with two attached hydrogens (primary N) is 1. The van der Waals surface area contributed by atoms with E-state index >= 15 is 0 Å². The number of ether oxygens (including phenoxy) is 1. The van der Waals surface area contributed by atoms with Crippen LogP contribution in [-0.2, 0) is 0 Å². The average Bonchev–Trinajstić information content (AvgIpc) is 2.83. The molecule has 0 amide bonds. The van der Waals surface area contributed by atoms with Crippen molar-refractivity contribution in [1.29, 1.82) is 0 Å². The summed E-state index contributed by atoms with van der Waals surface area (Å²) in [7, 11) is 0. The molecule has 1 saturated carbocycles. The molecule has 1 aromatic carbocycles. The minimum Gasteiger partial charge on any atom is -0.490 e. The third-order valence-electron chi connectivity index (χ3n) is 2.24. The standard InChI is InChI=1S/C10H12BrNO/c11-8-3-1-2-4-9(8)13-7-10(12)5-6-10/h1-4H,5-7,12H2. The SMILES string of the molecule is NC1(COc2ccccc2Br)CC1. The van der Waals surface area contributed by atoms with Gasteiger partial charge in [-0.25, -0.2) is 0 Å². The Hall–Kier alpha value is -0.540. The summed E-state index contributed by atoms with van der Waals surface area (Å²) in [5, 5.41) is 0. The molecule has 70 valence electrons. The molecule has 2 nitrogen and oxygen atoms in total. The average molecular weight is 242 g/mol. The molecule has 0 aliphatic heterocycles. The summed E-state index contributed by atoms with van der Waals surface area (Å²) in [6, 6.07) is 7.82. The van der Waals surface area contributed by atoms with E-state index in [-0.39, 0.29) is 5.54 Å². The zero-order chi connectivity index (χ0) is 9.31. The van der Waals surface area contributed by atoms with Gasteiger partial charge in [0.15, 0.2) is 0 Å². The molecule has 3 heteroatoms. The van der Waals surface area contributed by atoms with Crippen LogP contribution in [0.4, 0.5) is 0 Å². The van der Waals surface area contributed by atoms with Crippen molar-refractivity contribution in [3.05, 3.63) is 28.7 Å². The molecule has 0 bridgehead atoms. The van der Waals surface area contributed by atoms with Gasteiger partial charge in [-0.3, -0.25) is 0 Å². The maximum Gasteiger partial charge on any atom is 0.133 e. The molecule has 0 heterocycles. The molecule has 0 radical (unpaired) electrons. The van der Waals surface area contributed by atoms with Crippen molar-refractivity contribution in [2.45, 2.75) is 18.4 Å². The summed E-state index contributed by atoms with van der Waals surface area (Å²) in [6.45, 7) is 0.621. The molecule has 0 atom stereocenters. The van der Waals surface area contributed by atoms with Crippen LogP contribution in [-0.4, -0.2) is 12.1 Å². The molecule has 2 N–H and O–H groups in total. The smallest absolute Gasteiger partial charge is 0.133 e. The summed E-state index contributed by atoms with van der Waals surface area (Å²) >= 11 is 3.42. The van der Waals surface area contributed by atoms with E-state index in [0.717, 1.165) is 23.1 Å². The number of para-hydroxylation sites is 1. The Morgan fingerprint density at radius 3 is 2.69 bits per heavy atom. The zero-order valence-electron chi connectivity index (χ0n) is 7.29. The molecule has 0 aromatic heterocycles. The normalized spacial score (nSPS) is 18.3. The Kier molecular flexibility index (Phi) is 2.30. The van der Waals surface area contributed by atoms with Crippen LogP contribution in [0.2, 0.25) is 0 Å². The predicted octanol–water partition coefficient (Wildman–Crippen LogP) is 2.32. The fourth-order valence-corrected chi connectivity index (χ4v) is 1.49. The van der Waals surface area contributed by atoms with Gasteiger partial charge >= 0.3 is 0 Å². The Bertz CT molecular complexity index is 310. The van der Waals surface area contributed by atoms with Crippen molar-refractivity contribution in [2.24, 2.45) is 5.73 Å². The zero-order valence-corrected chi connectivity index (χ0v) is 8.88. The number of halogens is 1. The highest BCUT2D eigenvalue weighted by atomic mass is 79.9. The lowest BCUT2D eigenvalue weighted by atomic mass is 10.3. The van der Waals surface area contributed by atoms with Crippen molar-refractivity contribution < 1.29 is 4.74 Å². The first-order chi connectivity index (χ1) is 6.20. The Morgan fingerprint density at radius 1 is 1.38 bits per heavy atom. The number of hydrogen-bond acceptors (Lipinski definition) is 2. The summed E-state index contributed by atoms with van der Waals surface area (Å²) in [5.41, 5.74) is 5.86.